The van der Waals surface area contributed by atoms with Gasteiger partial charge in [-0.15, -0.1) is 0 Å². The Balaban J connectivity index is 2.15. The zero-order chi connectivity index (χ0) is 12.5. The van der Waals surface area contributed by atoms with Crippen LogP contribution in [0.2, 0.25) is 0 Å². The Hall–Kier alpha value is -1.18. The molecule has 0 aliphatic carbocycles. The molecule has 92 valence electrons. The first-order valence-electron chi connectivity index (χ1n) is 5.02. The second-order valence-corrected chi connectivity index (χ2v) is 6.24. The third kappa shape index (κ3) is 2.56. The van der Waals surface area contributed by atoms with Crippen LogP contribution in [0.15, 0.2) is 21.9 Å². The summed E-state index contributed by atoms with van der Waals surface area (Å²) >= 11 is 1.56. The summed E-state index contributed by atoms with van der Waals surface area (Å²) in [6, 6.07) is 0. The average molecular weight is 271 g/mol. The van der Waals surface area contributed by atoms with Crippen LogP contribution in [0.25, 0.3) is 0 Å². The Kier molecular flexibility index (Phi) is 3.32. The minimum absolute atomic E-state index is 0.199. The molecule has 2 heterocycles. The summed E-state index contributed by atoms with van der Waals surface area (Å²) in [5, 5.41) is 10.3. The summed E-state index contributed by atoms with van der Waals surface area (Å²) in [6.07, 6.45) is 1.32. The molecule has 17 heavy (non-hydrogen) atoms. The first kappa shape index (κ1) is 12.3. The molecule has 0 aromatic carbocycles. The Morgan fingerprint density at radius 2 is 2.18 bits per heavy atom. The van der Waals surface area contributed by atoms with Gasteiger partial charge < -0.3 is 0 Å². The molecule has 2 N–H and O–H groups in total. The lowest BCUT2D eigenvalue weighted by molar-refractivity contribution is 0.580. The maximum Gasteiger partial charge on any atom is 0.244 e. The summed E-state index contributed by atoms with van der Waals surface area (Å²) in [6.45, 7) is 3.95. The number of thiophene rings is 1. The lowest BCUT2D eigenvalue weighted by Gasteiger charge is -2.05. The van der Waals surface area contributed by atoms with Gasteiger partial charge in [0.15, 0.2) is 0 Å². The predicted molar refractivity (Wildman–Crippen MR) is 66.4 cm³/mol. The first-order chi connectivity index (χ1) is 8.00. The molecular formula is C10H13N3O2S2. The molecule has 0 aliphatic heterocycles. The van der Waals surface area contributed by atoms with Gasteiger partial charge >= 0.3 is 0 Å². The van der Waals surface area contributed by atoms with E-state index in [4.69, 9.17) is 0 Å². The van der Waals surface area contributed by atoms with E-state index in [0.29, 0.717) is 12.2 Å². The molecule has 0 saturated heterocycles. The SMILES string of the molecule is Cc1cscc1CNS(=O)(=O)c1cn[nH]c1C. The molecule has 2 aromatic rings. The third-order valence-electron chi connectivity index (χ3n) is 2.49. The zero-order valence-electron chi connectivity index (χ0n) is 9.52. The van der Waals surface area contributed by atoms with Gasteiger partial charge in [0, 0.05) is 6.54 Å². The quantitative estimate of drug-likeness (QED) is 0.886. The molecule has 0 unspecified atom stereocenters. The van der Waals surface area contributed by atoms with Crippen molar-refractivity contribution >= 4 is 21.4 Å². The van der Waals surface area contributed by atoms with Crippen LogP contribution in [-0.4, -0.2) is 18.6 Å². The minimum Gasteiger partial charge on any atom is -0.281 e. The van der Waals surface area contributed by atoms with E-state index in [0.717, 1.165) is 11.1 Å². The van der Waals surface area contributed by atoms with E-state index >= 15 is 0 Å². The lowest BCUT2D eigenvalue weighted by atomic mass is 10.2. The Morgan fingerprint density at radius 1 is 1.41 bits per heavy atom. The summed E-state index contributed by atoms with van der Waals surface area (Å²) in [7, 11) is -3.48. The number of sulfonamides is 1. The van der Waals surface area contributed by atoms with Gasteiger partial charge in [-0.1, -0.05) is 0 Å². The molecule has 0 spiro atoms. The molecule has 0 radical (unpaired) electrons. The molecule has 0 aliphatic rings. The van der Waals surface area contributed by atoms with Gasteiger partial charge in [0.25, 0.3) is 0 Å². The van der Waals surface area contributed by atoms with E-state index in [1.807, 2.05) is 17.7 Å². The third-order valence-corrected chi connectivity index (χ3v) is 4.91. The molecule has 0 fully saturated rings. The molecule has 2 aromatic heterocycles. The summed E-state index contributed by atoms with van der Waals surface area (Å²) in [4.78, 5) is 0.199. The number of H-pyrrole nitrogens is 1. The maximum absolute atomic E-state index is 12.0. The molecule has 0 amide bonds. The van der Waals surface area contributed by atoms with Crippen LogP contribution in [0, 0.1) is 13.8 Å². The molecule has 2 rings (SSSR count). The number of hydrogen-bond acceptors (Lipinski definition) is 4. The topological polar surface area (TPSA) is 74.8 Å². The zero-order valence-corrected chi connectivity index (χ0v) is 11.2. The number of hydrogen-bond donors (Lipinski definition) is 2. The largest absolute Gasteiger partial charge is 0.281 e. The number of aryl methyl sites for hydroxylation is 2. The van der Waals surface area contributed by atoms with Gasteiger partial charge in [0.2, 0.25) is 10.0 Å². The van der Waals surface area contributed by atoms with Gasteiger partial charge in [-0.25, -0.2) is 13.1 Å². The lowest BCUT2D eigenvalue weighted by Crippen LogP contribution is -2.23. The van der Waals surface area contributed by atoms with Crippen molar-refractivity contribution in [2.24, 2.45) is 0 Å². The van der Waals surface area contributed by atoms with Crippen molar-refractivity contribution in [1.82, 2.24) is 14.9 Å². The number of rotatable bonds is 4. The van der Waals surface area contributed by atoms with Crippen LogP contribution >= 0.6 is 11.3 Å². The van der Waals surface area contributed by atoms with Crippen molar-refractivity contribution in [3.05, 3.63) is 33.8 Å². The van der Waals surface area contributed by atoms with Gasteiger partial charge in [0.05, 0.1) is 11.9 Å². The van der Waals surface area contributed by atoms with Crippen molar-refractivity contribution < 1.29 is 8.42 Å². The van der Waals surface area contributed by atoms with E-state index in [2.05, 4.69) is 14.9 Å². The van der Waals surface area contributed by atoms with E-state index in [-0.39, 0.29) is 4.90 Å². The van der Waals surface area contributed by atoms with Gasteiger partial charge in [-0.05, 0) is 35.7 Å². The Morgan fingerprint density at radius 3 is 2.71 bits per heavy atom. The highest BCUT2D eigenvalue weighted by Crippen LogP contribution is 2.15. The van der Waals surface area contributed by atoms with Crippen molar-refractivity contribution in [2.75, 3.05) is 0 Å². The first-order valence-corrected chi connectivity index (χ1v) is 7.44. The van der Waals surface area contributed by atoms with Crippen LogP contribution in [0.4, 0.5) is 0 Å². The van der Waals surface area contributed by atoms with Crippen LogP contribution in [-0.2, 0) is 16.6 Å². The number of aromatic nitrogens is 2. The fraction of sp³-hybridized carbons (Fsp3) is 0.300. The minimum atomic E-state index is -3.48. The van der Waals surface area contributed by atoms with Crippen LogP contribution in [0.3, 0.4) is 0 Å². The fourth-order valence-corrected chi connectivity index (χ4v) is 3.43. The number of nitrogens with zero attached hydrogens (tertiary/aromatic N) is 1. The van der Waals surface area contributed by atoms with Crippen molar-refractivity contribution in [1.29, 1.82) is 0 Å². The second kappa shape index (κ2) is 4.59. The van der Waals surface area contributed by atoms with Crippen molar-refractivity contribution in [2.45, 2.75) is 25.3 Å². The van der Waals surface area contributed by atoms with E-state index in [9.17, 15) is 8.42 Å². The standard InChI is InChI=1S/C10H13N3O2S2/c1-7-5-16-6-9(7)3-12-17(14,15)10-4-11-13-8(10)2/h4-6,12H,3H2,1-2H3,(H,11,13). The van der Waals surface area contributed by atoms with Gasteiger partial charge in [-0.2, -0.15) is 16.4 Å². The maximum atomic E-state index is 12.0. The van der Waals surface area contributed by atoms with E-state index < -0.39 is 10.0 Å². The van der Waals surface area contributed by atoms with Crippen LogP contribution < -0.4 is 4.72 Å². The van der Waals surface area contributed by atoms with Gasteiger partial charge in [0.1, 0.15) is 4.90 Å². The predicted octanol–water partition coefficient (Wildman–Crippen LogP) is 1.57. The van der Waals surface area contributed by atoms with Crippen molar-refractivity contribution in [3.63, 3.8) is 0 Å². The molecule has 0 atom stereocenters. The summed E-state index contributed by atoms with van der Waals surface area (Å²) in [5.41, 5.74) is 2.64. The molecular weight excluding hydrogens is 258 g/mol. The number of aromatic amines is 1. The highest BCUT2D eigenvalue weighted by Gasteiger charge is 2.18. The highest BCUT2D eigenvalue weighted by atomic mass is 32.2. The number of nitrogens with one attached hydrogen (secondary N) is 2. The van der Waals surface area contributed by atoms with Crippen LogP contribution in [0.1, 0.15) is 16.8 Å². The molecule has 0 saturated carbocycles. The normalized spacial score (nSPS) is 11.9. The molecule has 5 nitrogen and oxygen atoms in total. The fourth-order valence-electron chi connectivity index (χ4n) is 1.43. The highest BCUT2D eigenvalue weighted by molar-refractivity contribution is 7.89. The molecule has 7 heteroatoms. The van der Waals surface area contributed by atoms with Gasteiger partial charge in [-0.3, -0.25) is 5.10 Å². The summed E-state index contributed by atoms with van der Waals surface area (Å²) in [5.74, 6) is 0. The summed E-state index contributed by atoms with van der Waals surface area (Å²) < 4.78 is 26.5. The van der Waals surface area contributed by atoms with Crippen molar-refractivity contribution in [3.8, 4) is 0 Å². The monoisotopic (exact) mass is 271 g/mol. The molecule has 0 bridgehead atoms. The average Bonchev–Trinajstić information content (AvgIpc) is 2.85. The smallest absolute Gasteiger partial charge is 0.244 e. The van der Waals surface area contributed by atoms with E-state index in [1.54, 1.807) is 18.3 Å². The Labute approximate surface area is 104 Å². The second-order valence-electron chi connectivity index (χ2n) is 3.76. The Bertz CT molecular complexity index is 613. The van der Waals surface area contributed by atoms with Crippen LogP contribution in [0.5, 0.6) is 0 Å². The van der Waals surface area contributed by atoms with E-state index in [1.165, 1.54) is 6.20 Å².